The van der Waals surface area contributed by atoms with Crippen molar-refractivity contribution in [1.29, 1.82) is 0 Å². The zero-order chi connectivity index (χ0) is 14.9. The summed E-state index contributed by atoms with van der Waals surface area (Å²) in [6, 6.07) is 13.8. The molecule has 0 bridgehead atoms. The van der Waals surface area contributed by atoms with Gasteiger partial charge in [-0.2, -0.15) is 0 Å². The predicted octanol–water partition coefficient (Wildman–Crippen LogP) is 5.50. The van der Waals surface area contributed by atoms with Gasteiger partial charge in [-0.05, 0) is 60.6 Å². The molecule has 0 heteroatoms. The second-order valence-electron chi connectivity index (χ2n) is 6.42. The Morgan fingerprint density at radius 1 is 0.750 bits per heavy atom. The van der Waals surface area contributed by atoms with E-state index in [1.165, 1.54) is 33.4 Å². The van der Waals surface area contributed by atoms with Gasteiger partial charge in [0, 0.05) is 5.41 Å². The van der Waals surface area contributed by atoms with Gasteiger partial charge in [0.2, 0.25) is 0 Å². The Labute approximate surface area is 123 Å². The maximum Gasteiger partial charge on any atom is 0.0146 e. The van der Waals surface area contributed by atoms with Gasteiger partial charge in [-0.1, -0.05) is 57.2 Å². The van der Waals surface area contributed by atoms with Gasteiger partial charge < -0.3 is 0 Å². The lowest BCUT2D eigenvalue weighted by molar-refractivity contribution is 0.638. The molecule has 0 aromatic heterocycles. The predicted molar refractivity (Wildman–Crippen MR) is 88.6 cm³/mol. The average molecular weight is 266 g/mol. The monoisotopic (exact) mass is 266 g/mol. The van der Waals surface area contributed by atoms with Gasteiger partial charge >= 0.3 is 0 Å². The molecule has 0 aliphatic rings. The minimum absolute atomic E-state index is 0.0517. The van der Waals surface area contributed by atoms with Crippen LogP contribution in [0.2, 0.25) is 0 Å². The first-order valence-electron chi connectivity index (χ1n) is 7.54. The molecule has 0 fully saturated rings. The summed E-state index contributed by atoms with van der Waals surface area (Å²) in [5.74, 6) is 0. The summed E-state index contributed by atoms with van der Waals surface area (Å²) in [4.78, 5) is 0. The van der Waals surface area contributed by atoms with E-state index in [4.69, 9.17) is 0 Å². The number of hydrogen-bond donors (Lipinski definition) is 0. The Morgan fingerprint density at radius 2 is 1.30 bits per heavy atom. The van der Waals surface area contributed by atoms with Crippen LogP contribution in [0.1, 0.15) is 54.2 Å². The Kier molecular flexibility index (Phi) is 4.04. The molecule has 0 spiro atoms. The molecule has 20 heavy (non-hydrogen) atoms. The van der Waals surface area contributed by atoms with Crippen molar-refractivity contribution in [2.24, 2.45) is 0 Å². The van der Waals surface area contributed by atoms with E-state index in [9.17, 15) is 0 Å². The van der Waals surface area contributed by atoms with Gasteiger partial charge in [-0.25, -0.2) is 0 Å². The second kappa shape index (κ2) is 5.44. The van der Waals surface area contributed by atoms with Gasteiger partial charge in [0.1, 0.15) is 0 Å². The maximum atomic E-state index is 2.38. The summed E-state index contributed by atoms with van der Waals surface area (Å²) in [6.45, 7) is 13.4. The third-order valence-electron chi connectivity index (χ3n) is 4.68. The molecular weight excluding hydrogens is 240 g/mol. The molecule has 0 unspecified atom stereocenters. The number of aryl methyl sites for hydroxylation is 4. The van der Waals surface area contributed by atoms with E-state index in [0.29, 0.717) is 0 Å². The molecule has 0 aliphatic heterocycles. The summed E-state index contributed by atoms with van der Waals surface area (Å²) in [5.41, 5.74) is 8.44. The summed E-state index contributed by atoms with van der Waals surface area (Å²) < 4.78 is 0. The van der Waals surface area contributed by atoms with Crippen LogP contribution < -0.4 is 0 Å². The summed E-state index contributed by atoms with van der Waals surface area (Å²) >= 11 is 0. The fraction of sp³-hybridized carbons (Fsp3) is 0.400. The van der Waals surface area contributed by atoms with Crippen LogP contribution in [-0.4, -0.2) is 0 Å². The summed E-state index contributed by atoms with van der Waals surface area (Å²) in [5, 5.41) is 0. The highest BCUT2D eigenvalue weighted by atomic mass is 14.3. The molecule has 0 atom stereocenters. The van der Waals surface area contributed by atoms with Crippen molar-refractivity contribution in [3.05, 3.63) is 69.8 Å². The van der Waals surface area contributed by atoms with Gasteiger partial charge in [0.25, 0.3) is 0 Å². The first-order chi connectivity index (χ1) is 9.36. The molecular formula is C20H26. The third-order valence-corrected chi connectivity index (χ3v) is 4.68. The van der Waals surface area contributed by atoms with Crippen LogP contribution in [0, 0.1) is 20.8 Å². The lowest BCUT2D eigenvalue weighted by atomic mass is 9.76. The largest absolute Gasteiger partial charge is 0.0613 e. The molecule has 0 saturated heterocycles. The molecule has 0 saturated carbocycles. The lowest BCUT2D eigenvalue weighted by Gasteiger charge is -2.28. The van der Waals surface area contributed by atoms with Crippen LogP contribution in [0.3, 0.4) is 0 Å². The van der Waals surface area contributed by atoms with Crippen LogP contribution in [-0.2, 0) is 11.8 Å². The van der Waals surface area contributed by atoms with Crippen LogP contribution in [0.15, 0.2) is 36.4 Å². The molecule has 0 radical (unpaired) electrons. The molecule has 0 heterocycles. The molecule has 106 valence electrons. The smallest absolute Gasteiger partial charge is 0.0146 e. The van der Waals surface area contributed by atoms with Crippen molar-refractivity contribution >= 4 is 0 Å². The maximum absolute atomic E-state index is 2.38. The first-order valence-corrected chi connectivity index (χ1v) is 7.54. The second-order valence-corrected chi connectivity index (χ2v) is 6.42. The molecule has 2 rings (SSSR count). The number of rotatable bonds is 3. The summed E-state index contributed by atoms with van der Waals surface area (Å²) in [7, 11) is 0. The van der Waals surface area contributed by atoms with Crippen molar-refractivity contribution in [3.8, 4) is 0 Å². The van der Waals surface area contributed by atoms with Crippen molar-refractivity contribution in [2.75, 3.05) is 0 Å². The fourth-order valence-electron chi connectivity index (χ4n) is 2.74. The summed E-state index contributed by atoms with van der Waals surface area (Å²) in [6.07, 6.45) is 1.10. The molecule has 2 aromatic rings. The van der Waals surface area contributed by atoms with Crippen LogP contribution in [0.5, 0.6) is 0 Å². The van der Waals surface area contributed by atoms with E-state index in [-0.39, 0.29) is 5.41 Å². The molecule has 0 N–H and O–H groups in total. The Hall–Kier alpha value is -1.56. The highest BCUT2D eigenvalue weighted by Gasteiger charge is 2.23. The van der Waals surface area contributed by atoms with E-state index >= 15 is 0 Å². The average Bonchev–Trinajstić information content (AvgIpc) is 2.42. The topological polar surface area (TPSA) is 0 Å². The van der Waals surface area contributed by atoms with E-state index in [1.807, 2.05) is 0 Å². The number of hydrogen-bond acceptors (Lipinski definition) is 0. The zero-order valence-electron chi connectivity index (χ0n) is 13.7. The van der Waals surface area contributed by atoms with Gasteiger partial charge in [-0.15, -0.1) is 0 Å². The van der Waals surface area contributed by atoms with Crippen molar-refractivity contribution in [1.82, 2.24) is 0 Å². The molecule has 0 amide bonds. The van der Waals surface area contributed by atoms with Gasteiger partial charge in [-0.3, -0.25) is 0 Å². The van der Waals surface area contributed by atoms with Crippen LogP contribution in [0.4, 0.5) is 0 Å². The zero-order valence-corrected chi connectivity index (χ0v) is 13.7. The number of benzene rings is 2. The fourth-order valence-corrected chi connectivity index (χ4v) is 2.74. The SMILES string of the molecule is CCc1cc(C(C)(C)c2ccc(C)c(C)c2)ccc1C. The van der Waals surface area contributed by atoms with Gasteiger partial charge in [0.05, 0.1) is 0 Å². The normalized spacial score (nSPS) is 11.7. The highest BCUT2D eigenvalue weighted by Crippen LogP contribution is 2.33. The van der Waals surface area contributed by atoms with Crippen molar-refractivity contribution in [3.63, 3.8) is 0 Å². The Morgan fingerprint density at radius 3 is 1.85 bits per heavy atom. The third kappa shape index (κ3) is 2.65. The quantitative estimate of drug-likeness (QED) is 0.688. The minimum atomic E-state index is 0.0517. The molecule has 0 nitrogen and oxygen atoms in total. The van der Waals surface area contributed by atoms with E-state index < -0.39 is 0 Å². The lowest BCUT2D eigenvalue weighted by Crippen LogP contribution is -2.19. The van der Waals surface area contributed by atoms with Crippen LogP contribution in [0.25, 0.3) is 0 Å². The van der Waals surface area contributed by atoms with Crippen molar-refractivity contribution in [2.45, 2.75) is 53.4 Å². The standard InChI is InChI=1S/C20H26/c1-7-17-13-19(11-9-15(17)3)20(5,6)18-10-8-14(2)16(4)12-18/h8-13H,7H2,1-6H3. The Bertz CT molecular complexity index is 618. The van der Waals surface area contributed by atoms with E-state index in [2.05, 4.69) is 77.9 Å². The first kappa shape index (κ1) is 14.8. The molecule has 0 aliphatic carbocycles. The van der Waals surface area contributed by atoms with Crippen molar-refractivity contribution < 1.29 is 0 Å². The molecule has 2 aromatic carbocycles. The minimum Gasteiger partial charge on any atom is -0.0613 e. The highest BCUT2D eigenvalue weighted by molar-refractivity contribution is 5.44. The van der Waals surface area contributed by atoms with Gasteiger partial charge in [0.15, 0.2) is 0 Å². The van der Waals surface area contributed by atoms with E-state index in [0.717, 1.165) is 6.42 Å². The van der Waals surface area contributed by atoms with E-state index in [1.54, 1.807) is 0 Å². The van der Waals surface area contributed by atoms with Crippen LogP contribution >= 0.6 is 0 Å². The Balaban J connectivity index is 2.50.